The van der Waals surface area contributed by atoms with Crippen molar-refractivity contribution in [3.63, 3.8) is 0 Å². The lowest BCUT2D eigenvalue weighted by Gasteiger charge is -2.37. The van der Waals surface area contributed by atoms with Gasteiger partial charge in [-0.15, -0.1) is 0 Å². The maximum absolute atomic E-state index is 14.7. The summed E-state index contributed by atoms with van der Waals surface area (Å²) in [7, 11) is 0. The third-order valence-electron chi connectivity index (χ3n) is 5.79. The molecule has 1 heterocycles. The summed E-state index contributed by atoms with van der Waals surface area (Å²) in [5.41, 5.74) is 5.19. The summed E-state index contributed by atoms with van der Waals surface area (Å²) in [6.45, 7) is 5.70. The van der Waals surface area contributed by atoms with Crippen molar-refractivity contribution in [2.24, 2.45) is 0 Å². The van der Waals surface area contributed by atoms with Crippen molar-refractivity contribution in [1.29, 1.82) is 0 Å². The fourth-order valence-corrected chi connectivity index (χ4v) is 4.48. The van der Waals surface area contributed by atoms with E-state index in [0.29, 0.717) is 31.7 Å². The Morgan fingerprint density at radius 1 is 1.07 bits per heavy atom. The minimum atomic E-state index is -0.253. The molecule has 2 aromatic carbocycles. The van der Waals surface area contributed by atoms with Crippen molar-refractivity contribution in [2.45, 2.75) is 58.3 Å². The number of aryl methyl sites for hydroxylation is 2. The average Bonchev–Trinajstić information content (AvgIpc) is 3.13. The second kappa shape index (κ2) is 8.54. The Hall–Kier alpha value is -2.40. The molecule has 4 nitrogen and oxygen atoms in total. The number of halogens is 1. The first-order chi connectivity index (χ1) is 14.0. The first kappa shape index (κ1) is 19.9. The number of benzene rings is 2. The van der Waals surface area contributed by atoms with Gasteiger partial charge >= 0.3 is 0 Å². The number of morpholine rings is 1. The van der Waals surface area contributed by atoms with Crippen LogP contribution in [0.4, 0.5) is 10.1 Å². The lowest BCUT2D eigenvalue weighted by atomic mass is 10.0. The van der Waals surface area contributed by atoms with Gasteiger partial charge in [-0.3, -0.25) is 4.79 Å². The highest BCUT2D eigenvalue weighted by atomic mass is 19.1. The zero-order valence-electron chi connectivity index (χ0n) is 17.2. The largest absolute Gasteiger partial charge is 0.372 e. The van der Waals surface area contributed by atoms with E-state index in [0.717, 1.165) is 24.0 Å². The van der Waals surface area contributed by atoms with E-state index in [9.17, 15) is 9.18 Å². The van der Waals surface area contributed by atoms with Gasteiger partial charge in [-0.1, -0.05) is 24.3 Å². The Morgan fingerprint density at radius 2 is 1.79 bits per heavy atom. The normalized spacial score (nSPS) is 21.1. The second-order valence-corrected chi connectivity index (χ2v) is 8.36. The molecule has 2 unspecified atom stereocenters. The van der Waals surface area contributed by atoms with E-state index in [-0.39, 0.29) is 23.9 Å². The number of fused-ring (bicyclic) bond motifs is 1. The number of hydrogen-bond acceptors (Lipinski definition) is 3. The average molecular weight is 397 g/mol. The molecular weight excluding hydrogens is 367 g/mol. The summed E-state index contributed by atoms with van der Waals surface area (Å²) in [5, 5.41) is 2.92. The fraction of sp³-hybridized carbons (Fsp3) is 0.458. The molecule has 0 radical (unpaired) electrons. The van der Waals surface area contributed by atoms with Crippen molar-refractivity contribution in [1.82, 2.24) is 5.32 Å². The Labute approximate surface area is 172 Å². The van der Waals surface area contributed by atoms with Crippen molar-refractivity contribution in [2.75, 3.05) is 18.0 Å². The number of carbonyl (C=O) groups is 1. The quantitative estimate of drug-likeness (QED) is 0.836. The minimum Gasteiger partial charge on any atom is -0.372 e. The van der Waals surface area contributed by atoms with Crippen molar-refractivity contribution < 1.29 is 13.9 Å². The van der Waals surface area contributed by atoms with Crippen LogP contribution in [0.3, 0.4) is 0 Å². The van der Waals surface area contributed by atoms with Crippen LogP contribution in [-0.4, -0.2) is 31.2 Å². The molecule has 2 aromatic rings. The smallest absolute Gasteiger partial charge is 0.224 e. The first-order valence-electron chi connectivity index (χ1n) is 10.5. The van der Waals surface area contributed by atoms with Gasteiger partial charge in [0.15, 0.2) is 0 Å². The monoisotopic (exact) mass is 396 g/mol. The Balaban J connectivity index is 1.34. The highest BCUT2D eigenvalue weighted by Crippen LogP contribution is 2.25. The zero-order chi connectivity index (χ0) is 20.4. The van der Waals surface area contributed by atoms with E-state index in [1.807, 2.05) is 36.9 Å². The summed E-state index contributed by atoms with van der Waals surface area (Å²) in [6.07, 6.45) is 3.97. The van der Waals surface area contributed by atoms with Crippen LogP contribution in [0.2, 0.25) is 0 Å². The van der Waals surface area contributed by atoms with Crippen molar-refractivity contribution in [3.05, 3.63) is 64.5 Å². The molecule has 29 heavy (non-hydrogen) atoms. The molecule has 1 amide bonds. The minimum absolute atomic E-state index is 0.0386. The molecule has 0 aromatic heterocycles. The molecule has 154 valence electrons. The molecule has 2 aliphatic rings. The maximum Gasteiger partial charge on any atom is 0.224 e. The summed E-state index contributed by atoms with van der Waals surface area (Å²) >= 11 is 0. The van der Waals surface area contributed by atoms with E-state index in [1.54, 1.807) is 0 Å². The van der Waals surface area contributed by atoms with Gasteiger partial charge in [0.25, 0.3) is 0 Å². The third kappa shape index (κ3) is 4.78. The number of ether oxygens (including phenoxy) is 1. The van der Waals surface area contributed by atoms with Gasteiger partial charge in [0.1, 0.15) is 5.82 Å². The van der Waals surface area contributed by atoms with Crippen LogP contribution in [0.15, 0.2) is 36.4 Å². The van der Waals surface area contributed by atoms with E-state index in [4.69, 9.17) is 4.74 Å². The molecule has 1 aliphatic carbocycles. The highest BCUT2D eigenvalue weighted by molar-refractivity contribution is 5.78. The van der Waals surface area contributed by atoms with Gasteiger partial charge in [-0.25, -0.2) is 4.39 Å². The van der Waals surface area contributed by atoms with Gasteiger partial charge in [0, 0.05) is 19.6 Å². The summed E-state index contributed by atoms with van der Waals surface area (Å²) < 4.78 is 20.4. The van der Waals surface area contributed by atoms with Gasteiger partial charge in [-0.05, 0) is 67.5 Å². The number of nitrogens with zero attached hydrogens (tertiary/aromatic N) is 1. The topological polar surface area (TPSA) is 41.6 Å². The molecule has 0 saturated carbocycles. The van der Waals surface area contributed by atoms with Gasteiger partial charge in [-0.2, -0.15) is 0 Å². The predicted octanol–water partition coefficient (Wildman–Crippen LogP) is 3.79. The summed E-state index contributed by atoms with van der Waals surface area (Å²) in [4.78, 5) is 14.4. The third-order valence-corrected chi connectivity index (χ3v) is 5.79. The van der Waals surface area contributed by atoms with Crippen molar-refractivity contribution >= 4 is 11.6 Å². The molecule has 2 atom stereocenters. The van der Waals surface area contributed by atoms with Crippen LogP contribution >= 0.6 is 0 Å². The number of rotatable bonds is 5. The van der Waals surface area contributed by atoms with Gasteiger partial charge < -0.3 is 15.0 Å². The van der Waals surface area contributed by atoms with E-state index in [2.05, 4.69) is 17.4 Å². The highest BCUT2D eigenvalue weighted by Gasteiger charge is 2.24. The number of nitrogens with one attached hydrogen (secondary N) is 1. The first-order valence-corrected chi connectivity index (χ1v) is 10.5. The molecule has 1 N–H and O–H groups in total. The molecule has 0 bridgehead atoms. The number of carbonyl (C=O) groups excluding carboxylic acids is 1. The van der Waals surface area contributed by atoms with E-state index >= 15 is 0 Å². The molecule has 1 fully saturated rings. The fourth-order valence-electron chi connectivity index (χ4n) is 4.48. The molecule has 5 heteroatoms. The van der Waals surface area contributed by atoms with Gasteiger partial charge in [0.2, 0.25) is 5.91 Å². The van der Waals surface area contributed by atoms with Gasteiger partial charge in [0.05, 0.1) is 24.3 Å². The Morgan fingerprint density at radius 3 is 2.55 bits per heavy atom. The van der Waals surface area contributed by atoms with Crippen LogP contribution < -0.4 is 10.2 Å². The second-order valence-electron chi connectivity index (χ2n) is 8.36. The van der Waals surface area contributed by atoms with Crippen LogP contribution in [0.5, 0.6) is 0 Å². The summed E-state index contributed by atoms with van der Waals surface area (Å²) in [5.74, 6) is -0.292. The van der Waals surface area contributed by atoms with Crippen molar-refractivity contribution in [3.8, 4) is 0 Å². The Bertz CT molecular complexity index is 888. The van der Waals surface area contributed by atoms with E-state index < -0.39 is 0 Å². The SMILES string of the molecule is CC1CN(c2ccc(CNC(=O)Cc3ccc4c(c3)CCC4)cc2F)CC(C)O1. The molecular formula is C24H29FN2O2. The van der Waals surface area contributed by atoms with E-state index in [1.165, 1.54) is 23.6 Å². The lowest BCUT2D eigenvalue weighted by molar-refractivity contribution is -0.120. The zero-order valence-corrected chi connectivity index (χ0v) is 17.2. The molecule has 4 rings (SSSR count). The standard InChI is InChI=1S/C24H29FN2O2/c1-16-14-27(15-17(2)29-16)23-9-7-19(11-22(23)25)13-26-24(28)12-18-6-8-20-4-3-5-21(20)10-18/h6-11,16-17H,3-5,12-15H2,1-2H3,(H,26,28). The molecule has 1 aliphatic heterocycles. The van der Waals surface area contributed by atoms with Crippen LogP contribution in [0.25, 0.3) is 0 Å². The molecule has 1 saturated heterocycles. The maximum atomic E-state index is 14.7. The lowest BCUT2D eigenvalue weighted by Crippen LogP contribution is -2.45. The number of hydrogen-bond donors (Lipinski definition) is 1. The van der Waals surface area contributed by atoms with Crippen LogP contribution in [-0.2, 0) is 35.3 Å². The number of amides is 1. The van der Waals surface area contributed by atoms with Crippen LogP contribution in [0.1, 0.15) is 42.5 Å². The summed E-state index contributed by atoms with van der Waals surface area (Å²) in [6, 6.07) is 11.6. The Kier molecular flexibility index (Phi) is 5.86. The molecule has 0 spiro atoms. The van der Waals surface area contributed by atoms with Crippen LogP contribution in [0, 0.1) is 5.82 Å². The predicted molar refractivity (Wildman–Crippen MR) is 113 cm³/mol. The number of anilines is 1.